The molecule has 3 nitrogen and oxygen atoms in total. The molecule has 1 heterocycles. The Bertz CT molecular complexity index is 702. The van der Waals surface area contributed by atoms with Gasteiger partial charge in [0.05, 0.1) is 16.9 Å². The van der Waals surface area contributed by atoms with Crippen LogP contribution in [0.25, 0.3) is 0 Å². The maximum atomic E-state index is 13.9. The van der Waals surface area contributed by atoms with Gasteiger partial charge in [-0.2, -0.15) is 0 Å². The van der Waals surface area contributed by atoms with Crippen LogP contribution in [0.3, 0.4) is 0 Å². The van der Waals surface area contributed by atoms with Crippen molar-refractivity contribution in [3.8, 4) is 0 Å². The van der Waals surface area contributed by atoms with Crippen LogP contribution in [0.2, 0.25) is 5.02 Å². The molecule has 2 N–H and O–H groups in total. The summed E-state index contributed by atoms with van der Waals surface area (Å²) in [4.78, 5) is 14.0. The zero-order valence-corrected chi connectivity index (χ0v) is 11.3. The number of hydrogen-bond donors (Lipinski definition) is 1. The number of nitrogens with zero attached hydrogens (tertiary/aromatic N) is 1. The predicted octanol–water partition coefficient (Wildman–Crippen LogP) is 3.26. The molecule has 0 fully saturated rings. The van der Waals surface area contributed by atoms with Gasteiger partial charge in [0.2, 0.25) is 0 Å². The number of amides is 1. The van der Waals surface area contributed by atoms with Gasteiger partial charge in [-0.25, -0.2) is 4.39 Å². The molecular formula is C15H12ClFN2O. The van der Waals surface area contributed by atoms with Crippen molar-refractivity contribution in [2.24, 2.45) is 0 Å². The monoisotopic (exact) mass is 290 g/mol. The summed E-state index contributed by atoms with van der Waals surface area (Å²) in [6, 6.07) is 9.56. The number of hydrogen-bond acceptors (Lipinski definition) is 2. The van der Waals surface area contributed by atoms with Crippen molar-refractivity contribution in [3.63, 3.8) is 0 Å². The first kappa shape index (κ1) is 12.9. The van der Waals surface area contributed by atoms with Gasteiger partial charge in [0.25, 0.3) is 5.91 Å². The van der Waals surface area contributed by atoms with Crippen LogP contribution in [0.15, 0.2) is 36.4 Å². The third-order valence-corrected chi connectivity index (χ3v) is 3.67. The number of benzene rings is 2. The molecule has 20 heavy (non-hydrogen) atoms. The van der Waals surface area contributed by atoms with E-state index >= 15 is 0 Å². The highest BCUT2D eigenvalue weighted by Gasteiger charge is 2.28. The van der Waals surface area contributed by atoms with Crippen molar-refractivity contribution >= 4 is 28.9 Å². The van der Waals surface area contributed by atoms with E-state index in [1.165, 1.54) is 17.0 Å². The molecule has 102 valence electrons. The Kier molecular flexibility index (Phi) is 3.10. The van der Waals surface area contributed by atoms with Crippen molar-refractivity contribution in [2.45, 2.75) is 6.42 Å². The second kappa shape index (κ2) is 4.80. The van der Waals surface area contributed by atoms with E-state index in [0.29, 0.717) is 17.9 Å². The minimum Gasteiger partial charge on any atom is -0.397 e. The quantitative estimate of drug-likeness (QED) is 0.819. The molecule has 0 unspecified atom stereocenters. The third-order valence-electron chi connectivity index (χ3n) is 3.43. The summed E-state index contributed by atoms with van der Waals surface area (Å²) in [6.45, 7) is 0.504. The Morgan fingerprint density at radius 3 is 2.85 bits per heavy atom. The number of para-hydroxylation sites is 1. The standard InChI is InChI=1S/C15H12ClFN2O/c16-10-4-5-11(12(17)8-10)15(20)19-7-6-9-2-1-3-13(18)14(9)19/h1-5,8H,6-7,18H2. The molecule has 1 amide bonds. The van der Waals surface area contributed by atoms with Gasteiger partial charge in [-0.3, -0.25) is 4.79 Å². The Balaban J connectivity index is 2.02. The molecular weight excluding hydrogens is 279 g/mol. The molecule has 0 spiro atoms. The zero-order valence-electron chi connectivity index (χ0n) is 10.6. The summed E-state index contributed by atoms with van der Waals surface area (Å²) >= 11 is 5.70. The first-order chi connectivity index (χ1) is 9.58. The first-order valence-corrected chi connectivity index (χ1v) is 6.60. The van der Waals surface area contributed by atoms with E-state index in [9.17, 15) is 9.18 Å². The number of nitrogen functional groups attached to an aromatic ring is 1. The molecule has 1 aliphatic heterocycles. The molecule has 3 rings (SSSR count). The fraction of sp³-hybridized carbons (Fsp3) is 0.133. The van der Waals surface area contributed by atoms with Crippen LogP contribution in [0.5, 0.6) is 0 Å². The smallest absolute Gasteiger partial charge is 0.261 e. The molecule has 0 aromatic heterocycles. The zero-order chi connectivity index (χ0) is 14.3. The number of anilines is 2. The summed E-state index contributed by atoms with van der Waals surface area (Å²) in [5.74, 6) is -1.01. The van der Waals surface area contributed by atoms with E-state index in [4.69, 9.17) is 17.3 Å². The van der Waals surface area contributed by atoms with Crippen molar-refractivity contribution < 1.29 is 9.18 Å². The van der Waals surface area contributed by atoms with Gasteiger partial charge >= 0.3 is 0 Å². The molecule has 0 radical (unpaired) electrons. The Morgan fingerprint density at radius 1 is 1.30 bits per heavy atom. The van der Waals surface area contributed by atoms with Gasteiger partial charge < -0.3 is 10.6 Å². The number of nitrogens with two attached hydrogens (primary N) is 1. The van der Waals surface area contributed by atoms with Crippen LogP contribution in [0.4, 0.5) is 15.8 Å². The largest absolute Gasteiger partial charge is 0.397 e. The average molecular weight is 291 g/mol. The lowest BCUT2D eigenvalue weighted by Crippen LogP contribution is -2.30. The number of halogens is 2. The molecule has 2 aromatic carbocycles. The van der Waals surface area contributed by atoms with Crippen molar-refractivity contribution in [1.82, 2.24) is 0 Å². The van der Waals surface area contributed by atoms with Crippen molar-refractivity contribution in [2.75, 3.05) is 17.2 Å². The predicted molar refractivity (Wildman–Crippen MR) is 77.6 cm³/mol. The van der Waals surface area contributed by atoms with Gasteiger partial charge in [-0.15, -0.1) is 0 Å². The van der Waals surface area contributed by atoms with E-state index in [1.807, 2.05) is 12.1 Å². The molecule has 5 heteroatoms. The van der Waals surface area contributed by atoms with Crippen LogP contribution < -0.4 is 10.6 Å². The van der Waals surface area contributed by atoms with Crippen molar-refractivity contribution in [3.05, 3.63) is 58.4 Å². The van der Waals surface area contributed by atoms with E-state index in [1.54, 1.807) is 6.07 Å². The Morgan fingerprint density at radius 2 is 2.10 bits per heavy atom. The van der Waals surface area contributed by atoms with E-state index in [2.05, 4.69) is 0 Å². The van der Waals surface area contributed by atoms with Gasteiger partial charge in [0.1, 0.15) is 5.82 Å². The number of carbonyl (C=O) groups excluding carboxylic acids is 1. The maximum absolute atomic E-state index is 13.9. The van der Waals surface area contributed by atoms with Crippen LogP contribution in [-0.2, 0) is 6.42 Å². The molecule has 0 atom stereocenters. The Hall–Kier alpha value is -2.07. The molecule has 0 saturated carbocycles. The second-order valence-corrected chi connectivity index (χ2v) is 5.12. The fourth-order valence-corrected chi connectivity index (χ4v) is 2.66. The van der Waals surface area contributed by atoms with Crippen molar-refractivity contribution in [1.29, 1.82) is 0 Å². The lowest BCUT2D eigenvalue weighted by atomic mass is 10.1. The third kappa shape index (κ3) is 2.02. The first-order valence-electron chi connectivity index (χ1n) is 6.22. The minimum atomic E-state index is -0.620. The minimum absolute atomic E-state index is 0.00510. The summed E-state index contributed by atoms with van der Waals surface area (Å²) in [5, 5.41) is 0.264. The number of rotatable bonds is 1. The van der Waals surface area contributed by atoms with Crippen LogP contribution in [0, 0.1) is 5.82 Å². The molecule has 2 aromatic rings. The lowest BCUT2D eigenvalue weighted by Gasteiger charge is -2.19. The summed E-state index contributed by atoms with van der Waals surface area (Å²) in [7, 11) is 0. The summed E-state index contributed by atoms with van der Waals surface area (Å²) in [6.07, 6.45) is 0.724. The fourth-order valence-electron chi connectivity index (χ4n) is 2.50. The van der Waals surface area contributed by atoms with Gasteiger partial charge in [0, 0.05) is 11.6 Å². The average Bonchev–Trinajstić information content (AvgIpc) is 2.83. The van der Waals surface area contributed by atoms with Gasteiger partial charge in [-0.1, -0.05) is 23.7 Å². The van der Waals surface area contributed by atoms with Gasteiger partial charge in [-0.05, 0) is 36.2 Å². The van der Waals surface area contributed by atoms with E-state index < -0.39 is 11.7 Å². The van der Waals surface area contributed by atoms with E-state index in [-0.39, 0.29) is 10.6 Å². The normalized spacial score (nSPS) is 13.4. The number of carbonyl (C=O) groups is 1. The van der Waals surface area contributed by atoms with Crippen LogP contribution in [-0.4, -0.2) is 12.5 Å². The Labute approximate surface area is 120 Å². The van der Waals surface area contributed by atoms with Crippen LogP contribution in [0.1, 0.15) is 15.9 Å². The molecule has 0 saturated heterocycles. The van der Waals surface area contributed by atoms with E-state index in [0.717, 1.165) is 18.1 Å². The highest BCUT2D eigenvalue weighted by molar-refractivity contribution is 6.30. The highest BCUT2D eigenvalue weighted by atomic mass is 35.5. The molecule has 0 aliphatic carbocycles. The summed E-state index contributed by atoms with van der Waals surface area (Å²) in [5.41, 5.74) is 8.16. The SMILES string of the molecule is Nc1cccc2c1N(C(=O)c1ccc(Cl)cc1F)CC2. The highest BCUT2D eigenvalue weighted by Crippen LogP contribution is 2.34. The van der Waals surface area contributed by atoms with Crippen LogP contribution >= 0.6 is 11.6 Å². The molecule has 1 aliphatic rings. The van der Waals surface area contributed by atoms with Gasteiger partial charge in [0.15, 0.2) is 0 Å². The maximum Gasteiger partial charge on any atom is 0.261 e. The molecule has 0 bridgehead atoms. The lowest BCUT2D eigenvalue weighted by molar-refractivity contribution is 0.0985. The summed E-state index contributed by atoms with van der Waals surface area (Å²) < 4.78 is 13.9. The number of fused-ring (bicyclic) bond motifs is 1. The topological polar surface area (TPSA) is 46.3 Å². The second-order valence-electron chi connectivity index (χ2n) is 4.69.